The number of hydrogen-bond donors (Lipinski definition) is 1. The number of nitrogens with one attached hydrogen (secondary N) is 1. The molecule has 3 rings (SSSR count). The first-order chi connectivity index (χ1) is 14.2. The molecule has 2 heterocycles. The maximum Gasteiger partial charge on any atom is 0.203 e. The lowest BCUT2D eigenvalue weighted by Crippen LogP contribution is -2.06. The van der Waals surface area contributed by atoms with E-state index in [0.29, 0.717) is 23.8 Å². The number of anilines is 1. The Balaban J connectivity index is 1.85. The molecule has 7 heteroatoms. The third-order valence-corrected chi connectivity index (χ3v) is 4.59. The second-order valence-electron chi connectivity index (χ2n) is 6.60. The van der Waals surface area contributed by atoms with Crippen LogP contribution in [0.3, 0.4) is 0 Å². The van der Waals surface area contributed by atoms with E-state index < -0.39 is 0 Å². The molecule has 1 N–H and O–H groups in total. The van der Waals surface area contributed by atoms with E-state index >= 15 is 0 Å². The van der Waals surface area contributed by atoms with Crippen molar-refractivity contribution in [2.24, 2.45) is 0 Å². The molecule has 0 saturated carbocycles. The zero-order valence-electron chi connectivity index (χ0n) is 17.4. The van der Waals surface area contributed by atoms with E-state index in [1.807, 2.05) is 28.9 Å². The highest BCUT2D eigenvalue weighted by Crippen LogP contribution is 2.38. The van der Waals surface area contributed by atoms with Crippen molar-refractivity contribution in [1.82, 2.24) is 14.4 Å². The molecule has 0 spiro atoms. The largest absolute Gasteiger partial charge is 0.493 e. The van der Waals surface area contributed by atoms with Crippen LogP contribution in [0.15, 0.2) is 36.8 Å². The Bertz CT molecular complexity index is 956. The third kappa shape index (κ3) is 4.80. The van der Waals surface area contributed by atoms with Gasteiger partial charge in [0.25, 0.3) is 0 Å². The monoisotopic (exact) mass is 396 g/mol. The summed E-state index contributed by atoms with van der Waals surface area (Å²) < 4.78 is 18.2. The Morgan fingerprint density at radius 1 is 1.10 bits per heavy atom. The fourth-order valence-corrected chi connectivity index (χ4v) is 3.10. The van der Waals surface area contributed by atoms with E-state index in [9.17, 15) is 0 Å². The van der Waals surface area contributed by atoms with Crippen molar-refractivity contribution < 1.29 is 14.2 Å². The molecule has 154 valence electrons. The lowest BCUT2D eigenvalue weighted by molar-refractivity contribution is 0.324. The summed E-state index contributed by atoms with van der Waals surface area (Å²) in [5, 5.41) is 3.39. The minimum absolute atomic E-state index is 0.537. The molecule has 0 radical (unpaired) electrons. The second kappa shape index (κ2) is 9.82. The molecule has 0 bridgehead atoms. The van der Waals surface area contributed by atoms with Crippen LogP contribution in [0.4, 0.5) is 5.82 Å². The van der Waals surface area contributed by atoms with Gasteiger partial charge in [-0.25, -0.2) is 9.97 Å². The lowest BCUT2D eigenvalue weighted by atomic mass is 10.1. The van der Waals surface area contributed by atoms with Gasteiger partial charge in [-0.3, -0.25) is 0 Å². The summed E-state index contributed by atoms with van der Waals surface area (Å²) in [6, 6.07) is 3.84. The van der Waals surface area contributed by atoms with Gasteiger partial charge in [-0.2, -0.15) is 0 Å². The van der Waals surface area contributed by atoms with Crippen molar-refractivity contribution >= 4 is 17.5 Å². The molecule has 0 aliphatic heterocycles. The quantitative estimate of drug-likeness (QED) is 0.506. The lowest BCUT2D eigenvalue weighted by Gasteiger charge is -2.15. The first-order valence-corrected chi connectivity index (χ1v) is 9.73. The number of imidazole rings is 1. The normalized spacial score (nSPS) is 11.2. The highest BCUT2D eigenvalue weighted by Gasteiger charge is 2.14. The fraction of sp³-hybridized carbons (Fsp3) is 0.364. The molecule has 0 unspecified atom stereocenters. The number of hydrogen-bond acceptors (Lipinski definition) is 6. The van der Waals surface area contributed by atoms with Crippen LogP contribution < -0.4 is 19.5 Å². The maximum absolute atomic E-state index is 5.44. The minimum atomic E-state index is 0.537. The minimum Gasteiger partial charge on any atom is -0.493 e. The maximum atomic E-state index is 5.44. The number of rotatable bonds is 10. The summed E-state index contributed by atoms with van der Waals surface area (Å²) in [5.74, 6) is 2.54. The average molecular weight is 396 g/mol. The van der Waals surface area contributed by atoms with Gasteiger partial charge < -0.3 is 23.9 Å². The second-order valence-corrected chi connectivity index (χ2v) is 6.60. The number of unbranched alkanes of at least 4 members (excludes halogenated alkanes) is 2. The number of benzene rings is 1. The van der Waals surface area contributed by atoms with Crippen LogP contribution in [0.1, 0.15) is 37.4 Å². The zero-order valence-corrected chi connectivity index (χ0v) is 17.4. The summed E-state index contributed by atoms with van der Waals surface area (Å²) in [5.41, 5.74) is 2.65. The van der Waals surface area contributed by atoms with Gasteiger partial charge in [-0.1, -0.05) is 25.8 Å². The van der Waals surface area contributed by atoms with Crippen molar-refractivity contribution in [2.75, 3.05) is 26.6 Å². The predicted octanol–water partition coefficient (Wildman–Crippen LogP) is 4.57. The highest BCUT2D eigenvalue weighted by atomic mass is 16.5. The van der Waals surface area contributed by atoms with Crippen LogP contribution in [0.2, 0.25) is 0 Å². The number of ether oxygens (including phenoxy) is 3. The van der Waals surface area contributed by atoms with Gasteiger partial charge in [-0.05, 0) is 30.2 Å². The molecular formula is C22H28N4O3. The summed E-state index contributed by atoms with van der Waals surface area (Å²) in [6.45, 7) is 2.73. The molecule has 0 aliphatic rings. The van der Waals surface area contributed by atoms with Gasteiger partial charge in [0, 0.05) is 25.1 Å². The van der Waals surface area contributed by atoms with Gasteiger partial charge in [0.15, 0.2) is 23.0 Å². The van der Waals surface area contributed by atoms with Crippen LogP contribution in [0, 0.1) is 0 Å². The number of nitrogens with zero attached hydrogens (tertiary/aromatic N) is 3. The van der Waals surface area contributed by atoms with Crippen molar-refractivity contribution in [3.63, 3.8) is 0 Å². The molecule has 7 nitrogen and oxygen atoms in total. The van der Waals surface area contributed by atoms with Crippen molar-refractivity contribution in [3.05, 3.63) is 48.1 Å². The molecule has 0 fully saturated rings. The van der Waals surface area contributed by atoms with E-state index in [1.54, 1.807) is 27.5 Å². The van der Waals surface area contributed by atoms with Gasteiger partial charge in [0.2, 0.25) is 5.75 Å². The van der Waals surface area contributed by atoms with Gasteiger partial charge >= 0.3 is 0 Å². The third-order valence-electron chi connectivity index (χ3n) is 4.59. The number of methoxy groups -OCH3 is 3. The summed E-state index contributed by atoms with van der Waals surface area (Å²) in [4.78, 5) is 9.16. The molecule has 0 amide bonds. The molecule has 29 heavy (non-hydrogen) atoms. The van der Waals surface area contributed by atoms with Crippen LogP contribution in [-0.2, 0) is 6.54 Å². The number of allylic oxidation sites excluding steroid dienone is 1. The van der Waals surface area contributed by atoms with E-state index in [0.717, 1.165) is 29.1 Å². The first kappa shape index (κ1) is 20.5. The Kier molecular flexibility index (Phi) is 6.94. The Hall–Kier alpha value is -3.22. The molecule has 3 aromatic rings. The summed E-state index contributed by atoms with van der Waals surface area (Å²) in [7, 11) is 4.81. The topological polar surface area (TPSA) is 69.9 Å². The smallest absolute Gasteiger partial charge is 0.203 e. The van der Waals surface area contributed by atoms with Gasteiger partial charge in [-0.15, -0.1) is 0 Å². The predicted molar refractivity (Wildman–Crippen MR) is 115 cm³/mol. The fourth-order valence-electron chi connectivity index (χ4n) is 3.10. The van der Waals surface area contributed by atoms with E-state index in [2.05, 4.69) is 29.4 Å². The average Bonchev–Trinajstić information content (AvgIpc) is 3.23. The highest BCUT2D eigenvalue weighted by molar-refractivity contribution is 5.65. The summed E-state index contributed by atoms with van der Waals surface area (Å²) in [6.07, 6.45) is 13.3. The van der Waals surface area contributed by atoms with Crippen LogP contribution in [0.25, 0.3) is 11.7 Å². The van der Waals surface area contributed by atoms with Crippen LogP contribution in [-0.4, -0.2) is 35.7 Å². The van der Waals surface area contributed by atoms with Crippen LogP contribution in [0.5, 0.6) is 17.2 Å². The Morgan fingerprint density at radius 3 is 2.52 bits per heavy atom. The molecule has 1 aromatic carbocycles. The summed E-state index contributed by atoms with van der Waals surface area (Å²) >= 11 is 0. The Labute approximate surface area is 171 Å². The molecule has 0 atom stereocenters. The first-order valence-electron chi connectivity index (χ1n) is 9.73. The SMILES string of the molecule is CCCC/C=C/c1cn2ccnc2c(NCc2cc(OC)c(OC)c(OC)c2)n1. The zero-order chi connectivity index (χ0) is 20.6. The standard InChI is InChI=1S/C22H28N4O3/c1-5-6-7-8-9-17-15-26-11-10-23-22(26)21(25-17)24-14-16-12-18(27-2)20(29-4)19(13-16)28-3/h8-13,15H,5-7,14H2,1-4H3,(H,24,25)/b9-8+. The van der Waals surface area contributed by atoms with E-state index in [1.165, 1.54) is 12.8 Å². The van der Waals surface area contributed by atoms with Crippen molar-refractivity contribution in [2.45, 2.75) is 32.7 Å². The van der Waals surface area contributed by atoms with Gasteiger partial charge in [0.1, 0.15) is 0 Å². The van der Waals surface area contributed by atoms with Crippen LogP contribution >= 0.6 is 0 Å². The number of aromatic nitrogens is 3. The molecule has 2 aromatic heterocycles. The van der Waals surface area contributed by atoms with Gasteiger partial charge in [0.05, 0.1) is 27.0 Å². The number of fused-ring (bicyclic) bond motifs is 1. The molecule has 0 aliphatic carbocycles. The molecule has 0 saturated heterocycles. The van der Waals surface area contributed by atoms with Crippen molar-refractivity contribution in [3.8, 4) is 17.2 Å². The van der Waals surface area contributed by atoms with E-state index in [4.69, 9.17) is 19.2 Å². The van der Waals surface area contributed by atoms with Crippen molar-refractivity contribution in [1.29, 1.82) is 0 Å². The molecular weight excluding hydrogens is 368 g/mol. The van der Waals surface area contributed by atoms with E-state index in [-0.39, 0.29) is 0 Å². The Morgan fingerprint density at radius 2 is 1.86 bits per heavy atom.